The molecule has 2 aliphatic heterocycles. The van der Waals surface area contributed by atoms with Gasteiger partial charge in [-0.25, -0.2) is 0 Å². The Morgan fingerprint density at radius 3 is 3.12 bits per heavy atom. The predicted octanol–water partition coefficient (Wildman–Crippen LogP) is 3.12. The normalized spacial score (nSPS) is 28.8. The summed E-state index contributed by atoms with van der Waals surface area (Å²) in [5, 5.41) is 5.88. The van der Waals surface area contributed by atoms with Gasteiger partial charge in [0.2, 0.25) is 0 Å². The number of hydrogen-bond acceptors (Lipinski definition) is 3. The number of rotatable bonds is 2. The summed E-state index contributed by atoms with van der Waals surface area (Å²) in [5.74, 6) is 0.899. The number of nitrogens with one attached hydrogen (secondary N) is 1. The zero-order chi connectivity index (χ0) is 11.0. The summed E-state index contributed by atoms with van der Waals surface area (Å²) in [5.41, 5.74) is 1.46. The summed E-state index contributed by atoms with van der Waals surface area (Å²) in [6.45, 7) is 4.89. The molecule has 2 saturated heterocycles. The highest BCUT2D eigenvalue weighted by molar-refractivity contribution is 9.11. The number of piperidine rings is 1. The molecule has 17 heavy (non-hydrogen) atoms. The maximum absolute atomic E-state index is 3.61. The molecule has 2 nitrogen and oxygen atoms in total. The van der Waals surface area contributed by atoms with E-state index in [9.17, 15) is 0 Å². The average molecular weight is 338 g/mol. The van der Waals surface area contributed by atoms with Gasteiger partial charge in [0.1, 0.15) is 0 Å². The van der Waals surface area contributed by atoms with Gasteiger partial charge in [0.15, 0.2) is 0 Å². The second kappa shape index (κ2) is 6.02. The van der Waals surface area contributed by atoms with Gasteiger partial charge < -0.3 is 5.32 Å². The van der Waals surface area contributed by atoms with E-state index < -0.39 is 0 Å². The summed E-state index contributed by atoms with van der Waals surface area (Å²) in [6, 6.07) is 3.06. The number of halogens is 2. The molecule has 96 valence electrons. The first kappa shape index (κ1) is 13.8. The second-order valence-corrected chi connectivity index (χ2v) is 7.18. The Balaban J connectivity index is 0.00000108. The van der Waals surface area contributed by atoms with E-state index in [2.05, 4.69) is 37.6 Å². The van der Waals surface area contributed by atoms with Crippen LogP contribution in [0.5, 0.6) is 0 Å². The molecule has 0 aliphatic carbocycles. The van der Waals surface area contributed by atoms with E-state index in [1.165, 1.54) is 41.8 Å². The lowest BCUT2D eigenvalue weighted by molar-refractivity contribution is 0.156. The minimum atomic E-state index is 0. The molecule has 0 saturated carbocycles. The molecule has 2 atom stereocenters. The van der Waals surface area contributed by atoms with Crippen LogP contribution in [0.25, 0.3) is 0 Å². The minimum absolute atomic E-state index is 0. The van der Waals surface area contributed by atoms with Crippen LogP contribution in [0.2, 0.25) is 0 Å². The Kier molecular flexibility index (Phi) is 4.89. The molecule has 0 bridgehead atoms. The highest BCUT2D eigenvalue weighted by Gasteiger charge is 2.32. The van der Waals surface area contributed by atoms with Crippen LogP contribution in [0.15, 0.2) is 15.2 Å². The first-order valence-corrected chi connectivity index (χ1v) is 7.67. The van der Waals surface area contributed by atoms with E-state index in [-0.39, 0.29) is 12.4 Å². The van der Waals surface area contributed by atoms with Crippen LogP contribution in [0.4, 0.5) is 0 Å². The van der Waals surface area contributed by atoms with E-state index in [0.717, 1.165) is 18.5 Å². The van der Waals surface area contributed by atoms with Gasteiger partial charge in [0.25, 0.3) is 0 Å². The Morgan fingerprint density at radius 2 is 2.35 bits per heavy atom. The zero-order valence-corrected chi connectivity index (χ0v) is 12.9. The quantitative estimate of drug-likeness (QED) is 0.892. The zero-order valence-electron chi connectivity index (χ0n) is 9.69. The second-order valence-electron chi connectivity index (χ2n) is 4.89. The van der Waals surface area contributed by atoms with Crippen molar-refractivity contribution in [1.82, 2.24) is 10.2 Å². The van der Waals surface area contributed by atoms with Crippen LogP contribution >= 0.6 is 39.7 Å². The van der Waals surface area contributed by atoms with E-state index in [1.807, 2.05) is 0 Å². The monoisotopic (exact) mass is 336 g/mol. The molecule has 1 aromatic rings. The standard InChI is InChI=1S/C12H17BrN2S.ClH/c13-12-5-9(8-16-12)6-15-4-2-11-10(7-15)1-3-14-11;/h5,8,10-11,14H,1-4,6-7H2;1H. The van der Waals surface area contributed by atoms with Crippen LogP contribution in [0.3, 0.4) is 0 Å². The van der Waals surface area contributed by atoms with Crippen LogP contribution in [0.1, 0.15) is 18.4 Å². The third-order valence-electron chi connectivity index (χ3n) is 3.77. The van der Waals surface area contributed by atoms with Crippen molar-refractivity contribution < 1.29 is 0 Å². The van der Waals surface area contributed by atoms with Gasteiger partial charge in [0.05, 0.1) is 3.79 Å². The van der Waals surface area contributed by atoms with E-state index in [1.54, 1.807) is 11.3 Å². The SMILES string of the molecule is Brc1cc(CN2CCC3NCCC3C2)cs1.Cl. The summed E-state index contributed by atoms with van der Waals surface area (Å²) in [4.78, 5) is 2.61. The predicted molar refractivity (Wildman–Crippen MR) is 79.1 cm³/mol. The fourth-order valence-corrected chi connectivity index (χ4v) is 4.15. The minimum Gasteiger partial charge on any atom is -0.314 e. The van der Waals surface area contributed by atoms with Crippen LogP contribution in [0, 0.1) is 5.92 Å². The fraction of sp³-hybridized carbons (Fsp3) is 0.667. The molecule has 2 aliphatic rings. The highest BCUT2D eigenvalue weighted by atomic mass is 79.9. The van der Waals surface area contributed by atoms with Crippen molar-refractivity contribution in [3.8, 4) is 0 Å². The molecule has 3 heterocycles. The van der Waals surface area contributed by atoms with Crippen molar-refractivity contribution >= 4 is 39.7 Å². The molecule has 2 unspecified atom stereocenters. The summed E-state index contributed by atoms with van der Waals surface area (Å²) in [6.07, 6.45) is 2.70. The Morgan fingerprint density at radius 1 is 1.47 bits per heavy atom. The Hall–Kier alpha value is 0.390. The Labute approximate surface area is 121 Å². The van der Waals surface area contributed by atoms with Crippen molar-refractivity contribution in [3.05, 3.63) is 20.8 Å². The van der Waals surface area contributed by atoms with Crippen LogP contribution in [-0.2, 0) is 6.54 Å². The van der Waals surface area contributed by atoms with Crippen molar-refractivity contribution in [3.63, 3.8) is 0 Å². The third kappa shape index (κ3) is 3.24. The maximum atomic E-state index is 3.61. The average Bonchev–Trinajstić information content (AvgIpc) is 2.87. The molecule has 1 N–H and O–H groups in total. The molecular weight excluding hydrogens is 320 g/mol. The molecule has 0 aromatic carbocycles. The molecule has 3 rings (SSSR count). The largest absolute Gasteiger partial charge is 0.314 e. The van der Waals surface area contributed by atoms with Crippen LogP contribution < -0.4 is 5.32 Å². The van der Waals surface area contributed by atoms with E-state index in [0.29, 0.717) is 0 Å². The molecule has 1 aromatic heterocycles. The van der Waals surface area contributed by atoms with E-state index >= 15 is 0 Å². The van der Waals surface area contributed by atoms with Crippen LogP contribution in [-0.4, -0.2) is 30.6 Å². The van der Waals surface area contributed by atoms with E-state index in [4.69, 9.17) is 0 Å². The third-order valence-corrected chi connectivity index (χ3v) is 5.32. The molecule has 0 radical (unpaired) electrons. The molecule has 2 fully saturated rings. The summed E-state index contributed by atoms with van der Waals surface area (Å²) in [7, 11) is 0. The van der Waals surface area contributed by atoms with Gasteiger partial charge in [-0.1, -0.05) is 0 Å². The molecule has 0 spiro atoms. The van der Waals surface area contributed by atoms with Gasteiger partial charge in [-0.2, -0.15) is 0 Å². The first-order valence-electron chi connectivity index (χ1n) is 6.00. The fourth-order valence-electron chi connectivity index (χ4n) is 2.95. The number of likely N-dealkylation sites (tertiary alicyclic amines) is 1. The number of hydrogen-bond donors (Lipinski definition) is 1. The Bertz CT molecular complexity index is 371. The molecular formula is C12H18BrClN2S. The first-order chi connectivity index (χ1) is 7.81. The smallest absolute Gasteiger partial charge is 0.0701 e. The van der Waals surface area contributed by atoms with Gasteiger partial charge in [0, 0.05) is 19.1 Å². The lowest BCUT2D eigenvalue weighted by atomic mass is 9.93. The molecule has 0 amide bonds. The lowest BCUT2D eigenvalue weighted by Gasteiger charge is -2.34. The number of fused-ring (bicyclic) bond motifs is 1. The number of thiophene rings is 1. The van der Waals surface area contributed by atoms with Crippen molar-refractivity contribution in [2.75, 3.05) is 19.6 Å². The summed E-state index contributed by atoms with van der Waals surface area (Å²) < 4.78 is 1.25. The number of nitrogens with zero attached hydrogens (tertiary/aromatic N) is 1. The van der Waals surface area contributed by atoms with Gasteiger partial charge in [-0.15, -0.1) is 23.7 Å². The van der Waals surface area contributed by atoms with Crippen molar-refractivity contribution in [2.45, 2.75) is 25.4 Å². The van der Waals surface area contributed by atoms with Gasteiger partial charge in [-0.05, 0) is 64.8 Å². The summed E-state index contributed by atoms with van der Waals surface area (Å²) >= 11 is 5.32. The van der Waals surface area contributed by atoms with Gasteiger partial charge >= 0.3 is 0 Å². The van der Waals surface area contributed by atoms with Crippen molar-refractivity contribution in [2.24, 2.45) is 5.92 Å². The highest BCUT2D eigenvalue weighted by Crippen LogP contribution is 2.27. The molecule has 5 heteroatoms. The topological polar surface area (TPSA) is 15.3 Å². The van der Waals surface area contributed by atoms with Gasteiger partial charge in [-0.3, -0.25) is 4.90 Å². The maximum Gasteiger partial charge on any atom is 0.0701 e. The lowest BCUT2D eigenvalue weighted by Crippen LogP contribution is -2.43. The van der Waals surface area contributed by atoms with Crippen molar-refractivity contribution in [1.29, 1.82) is 0 Å².